The van der Waals surface area contributed by atoms with E-state index >= 15 is 0 Å². The molecule has 0 radical (unpaired) electrons. The van der Waals surface area contributed by atoms with Gasteiger partial charge in [0.25, 0.3) is 0 Å². The molecule has 0 bridgehead atoms. The molecule has 1 aliphatic rings. The third kappa shape index (κ3) is 3.85. The Bertz CT molecular complexity index is 566. The molecule has 0 aromatic carbocycles. The van der Waals surface area contributed by atoms with Gasteiger partial charge in [0, 0.05) is 49.3 Å². The number of hydrogen-bond acceptors (Lipinski definition) is 4. The molecule has 22 heavy (non-hydrogen) atoms. The minimum Gasteiger partial charge on any atom is -0.364 e. The molecule has 1 fully saturated rings. The van der Waals surface area contributed by atoms with Crippen LogP contribution in [0.5, 0.6) is 0 Å². The standard InChI is InChI=1S/C17H25N5/c1-2-5-14-10-17(21-13-20-14)22-9-4-7-16(12-22)19-11-15-6-3-8-18-15/h3,6,8,10,13,16,18-19H,2,4-5,7,9,11-12H2,1H3. The second kappa shape index (κ2) is 7.40. The van der Waals surface area contributed by atoms with Gasteiger partial charge < -0.3 is 15.2 Å². The van der Waals surface area contributed by atoms with Crippen LogP contribution in [0.2, 0.25) is 0 Å². The van der Waals surface area contributed by atoms with Gasteiger partial charge in [-0.05, 0) is 31.4 Å². The van der Waals surface area contributed by atoms with Gasteiger partial charge in [-0.3, -0.25) is 0 Å². The van der Waals surface area contributed by atoms with E-state index in [4.69, 9.17) is 0 Å². The van der Waals surface area contributed by atoms with Crippen molar-refractivity contribution in [3.8, 4) is 0 Å². The normalized spacial score (nSPS) is 18.6. The molecule has 5 heteroatoms. The Hall–Kier alpha value is -1.88. The number of anilines is 1. The fourth-order valence-electron chi connectivity index (χ4n) is 3.04. The van der Waals surface area contributed by atoms with Crippen molar-refractivity contribution in [2.24, 2.45) is 0 Å². The summed E-state index contributed by atoms with van der Waals surface area (Å²) >= 11 is 0. The first-order valence-corrected chi connectivity index (χ1v) is 8.26. The molecule has 2 aromatic heterocycles. The molecule has 118 valence electrons. The van der Waals surface area contributed by atoms with Crippen LogP contribution in [0.3, 0.4) is 0 Å². The van der Waals surface area contributed by atoms with Gasteiger partial charge in [0.15, 0.2) is 0 Å². The van der Waals surface area contributed by atoms with Gasteiger partial charge >= 0.3 is 0 Å². The van der Waals surface area contributed by atoms with Gasteiger partial charge in [-0.1, -0.05) is 13.3 Å². The van der Waals surface area contributed by atoms with Gasteiger partial charge in [-0.25, -0.2) is 9.97 Å². The number of rotatable bonds is 6. The molecule has 1 unspecified atom stereocenters. The summed E-state index contributed by atoms with van der Waals surface area (Å²) in [6.07, 6.45) is 8.25. The average Bonchev–Trinajstić information content (AvgIpc) is 3.07. The Balaban J connectivity index is 1.59. The summed E-state index contributed by atoms with van der Waals surface area (Å²) in [7, 11) is 0. The number of H-pyrrole nitrogens is 1. The zero-order chi connectivity index (χ0) is 15.2. The second-order valence-corrected chi connectivity index (χ2v) is 5.98. The first kappa shape index (κ1) is 15.0. The van der Waals surface area contributed by atoms with Crippen molar-refractivity contribution in [1.29, 1.82) is 0 Å². The van der Waals surface area contributed by atoms with Crippen molar-refractivity contribution in [2.45, 2.75) is 45.2 Å². The number of nitrogens with zero attached hydrogens (tertiary/aromatic N) is 3. The Morgan fingerprint density at radius 2 is 2.36 bits per heavy atom. The molecule has 3 rings (SSSR count). The zero-order valence-corrected chi connectivity index (χ0v) is 13.3. The van der Waals surface area contributed by atoms with E-state index in [1.165, 1.54) is 18.5 Å². The molecule has 0 spiro atoms. The topological polar surface area (TPSA) is 56.8 Å². The fourth-order valence-corrected chi connectivity index (χ4v) is 3.04. The van der Waals surface area contributed by atoms with Gasteiger partial charge in [0.1, 0.15) is 12.1 Å². The van der Waals surface area contributed by atoms with Crippen LogP contribution < -0.4 is 10.2 Å². The number of nitrogens with one attached hydrogen (secondary N) is 2. The van der Waals surface area contributed by atoms with Crippen LogP contribution in [0, 0.1) is 0 Å². The van der Waals surface area contributed by atoms with Crippen molar-refractivity contribution < 1.29 is 0 Å². The largest absolute Gasteiger partial charge is 0.364 e. The van der Waals surface area contributed by atoms with Crippen molar-refractivity contribution in [2.75, 3.05) is 18.0 Å². The number of aromatic amines is 1. The minimum absolute atomic E-state index is 0.515. The van der Waals surface area contributed by atoms with E-state index in [2.05, 4.69) is 44.2 Å². The smallest absolute Gasteiger partial charge is 0.132 e. The summed E-state index contributed by atoms with van der Waals surface area (Å²) in [5, 5.41) is 3.65. The maximum atomic E-state index is 4.47. The summed E-state index contributed by atoms with van der Waals surface area (Å²) in [6, 6.07) is 6.83. The lowest BCUT2D eigenvalue weighted by atomic mass is 10.1. The van der Waals surface area contributed by atoms with Crippen LogP contribution in [0.4, 0.5) is 5.82 Å². The highest BCUT2D eigenvalue weighted by atomic mass is 15.2. The van der Waals surface area contributed by atoms with E-state index < -0.39 is 0 Å². The SMILES string of the molecule is CCCc1cc(N2CCCC(NCc3ccc[nH]3)C2)ncn1. The van der Waals surface area contributed by atoms with Crippen LogP contribution in [0.1, 0.15) is 37.6 Å². The molecule has 1 saturated heterocycles. The molecule has 1 atom stereocenters. The lowest BCUT2D eigenvalue weighted by Gasteiger charge is -2.34. The van der Waals surface area contributed by atoms with Crippen LogP contribution in [-0.2, 0) is 13.0 Å². The third-order valence-corrected chi connectivity index (χ3v) is 4.20. The molecule has 5 nitrogen and oxygen atoms in total. The summed E-state index contributed by atoms with van der Waals surface area (Å²) in [4.78, 5) is 14.5. The summed E-state index contributed by atoms with van der Waals surface area (Å²) < 4.78 is 0. The number of piperidine rings is 1. The number of aryl methyl sites for hydroxylation is 1. The quantitative estimate of drug-likeness (QED) is 0.860. The van der Waals surface area contributed by atoms with Gasteiger partial charge in [-0.2, -0.15) is 0 Å². The third-order valence-electron chi connectivity index (χ3n) is 4.20. The van der Waals surface area contributed by atoms with Crippen LogP contribution in [0.15, 0.2) is 30.7 Å². The first-order valence-electron chi connectivity index (χ1n) is 8.26. The average molecular weight is 299 g/mol. The van der Waals surface area contributed by atoms with Gasteiger partial charge in [0.05, 0.1) is 0 Å². The van der Waals surface area contributed by atoms with Crippen LogP contribution >= 0.6 is 0 Å². The second-order valence-electron chi connectivity index (χ2n) is 5.98. The van der Waals surface area contributed by atoms with E-state index in [1.807, 2.05) is 12.3 Å². The molecule has 2 aromatic rings. The van der Waals surface area contributed by atoms with E-state index in [1.54, 1.807) is 6.33 Å². The molecule has 0 saturated carbocycles. The highest BCUT2D eigenvalue weighted by Crippen LogP contribution is 2.18. The minimum atomic E-state index is 0.515. The van der Waals surface area contributed by atoms with E-state index in [0.717, 1.165) is 44.0 Å². The summed E-state index contributed by atoms with van der Waals surface area (Å²) in [5.41, 5.74) is 2.39. The number of aromatic nitrogens is 3. The Labute approximate surface area is 132 Å². The lowest BCUT2D eigenvalue weighted by molar-refractivity contribution is 0.418. The predicted octanol–water partition coefficient (Wildman–Crippen LogP) is 2.52. The van der Waals surface area contributed by atoms with Gasteiger partial charge in [-0.15, -0.1) is 0 Å². The molecule has 0 amide bonds. The Kier molecular flexibility index (Phi) is 5.06. The van der Waals surface area contributed by atoms with Crippen molar-refractivity contribution in [3.05, 3.63) is 42.1 Å². The predicted molar refractivity (Wildman–Crippen MR) is 88.9 cm³/mol. The van der Waals surface area contributed by atoms with Crippen LogP contribution in [-0.4, -0.2) is 34.1 Å². The van der Waals surface area contributed by atoms with Crippen molar-refractivity contribution in [1.82, 2.24) is 20.3 Å². The highest BCUT2D eigenvalue weighted by Gasteiger charge is 2.20. The molecule has 0 aliphatic carbocycles. The zero-order valence-electron chi connectivity index (χ0n) is 13.3. The monoisotopic (exact) mass is 299 g/mol. The maximum Gasteiger partial charge on any atom is 0.132 e. The van der Waals surface area contributed by atoms with Gasteiger partial charge in [0.2, 0.25) is 0 Å². The van der Waals surface area contributed by atoms with E-state index in [9.17, 15) is 0 Å². The van der Waals surface area contributed by atoms with E-state index in [-0.39, 0.29) is 0 Å². The van der Waals surface area contributed by atoms with E-state index in [0.29, 0.717) is 6.04 Å². The molecule has 1 aliphatic heterocycles. The molecular weight excluding hydrogens is 274 g/mol. The maximum absolute atomic E-state index is 4.47. The van der Waals surface area contributed by atoms with Crippen molar-refractivity contribution >= 4 is 5.82 Å². The fraction of sp³-hybridized carbons (Fsp3) is 0.529. The highest BCUT2D eigenvalue weighted by molar-refractivity contribution is 5.39. The molecular formula is C17H25N5. The summed E-state index contributed by atoms with van der Waals surface area (Å²) in [6.45, 7) is 5.19. The first-order chi connectivity index (χ1) is 10.8. The Morgan fingerprint density at radius 1 is 1.41 bits per heavy atom. The lowest BCUT2D eigenvalue weighted by Crippen LogP contribution is -2.45. The summed E-state index contributed by atoms with van der Waals surface area (Å²) in [5.74, 6) is 1.07. The van der Waals surface area contributed by atoms with Crippen LogP contribution in [0.25, 0.3) is 0 Å². The Morgan fingerprint density at radius 3 is 3.18 bits per heavy atom. The number of hydrogen-bond donors (Lipinski definition) is 2. The molecule has 3 heterocycles. The van der Waals surface area contributed by atoms with Crippen molar-refractivity contribution in [3.63, 3.8) is 0 Å². The molecule has 2 N–H and O–H groups in total.